The lowest BCUT2D eigenvalue weighted by atomic mass is 10.3. The van der Waals surface area contributed by atoms with E-state index in [9.17, 15) is 4.39 Å². The van der Waals surface area contributed by atoms with Crippen molar-refractivity contribution in [2.75, 3.05) is 6.61 Å². The summed E-state index contributed by atoms with van der Waals surface area (Å²) in [4.78, 5) is 0. The van der Waals surface area contributed by atoms with Crippen molar-refractivity contribution >= 4 is 0 Å². The van der Waals surface area contributed by atoms with Gasteiger partial charge in [-0.1, -0.05) is 0 Å². The van der Waals surface area contributed by atoms with Crippen molar-refractivity contribution in [3.05, 3.63) is 0 Å². The molecule has 1 fully saturated rings. The monoisotopic (exact) mass is 146 g/mol. The zero-order chi connectivity index (χ0) is 7.56. The van der Waals surface area contributed by atoms with E-state index in [1.54, 1.807) is 0 Å². The fourth-order valence-corrected chi connectivity index (χ4v) is 0.878. The Labute approximate surface area is 61.6 Å². The van der Waals surface area contributed by atoms with Gasteiger partial charge in [-0.15, -0.1) is 0 Å². The lowest BCUT2D eigenvalue weighted by Crippen LogP contribution is -2.15. The molecule has 0 saturated heterocycles. The molecule has 0 aromatic rings. The first-order chi connectivity index (χ1) is 4.70. The Morgan fingerprint density at radius 3 is 2.50 bits per heavy atom. The summed E-state index contributed by atoms with van der Waals surface area (Å²) in [5, 5.41) is 0. The zero-order valence-electron chi connectivity index (χ0n) is 6.64. The lowest BCUT2D eigenvalue weighted by Gasteiger charge is -2.09. The van der Waals surface area contributed by atoms with Gasteiger partial charge in [0, 0.05) is 0 Å². The highest BCUT2D eigenvalue weighted by atomic mass is 19.1. The standard InChI is InChI=1S/C8H15FO/c1-6(2)10-5-8(9)7-3-4-7/h6-8H,3-5H2,1-2H3. The van der Waals surface area contributed by atoms with Gasteiger partial charge in [-0.3, -0.25) is 0 Å². The van der Waals surface area contributed by atoms with Gasteiger partial charge in [0.2, 0.25) is 0 Å². The first-order valence-corrected chi connectivity index (χ1v) is 3.96. The van der Waals surface area contributed by atoms with Crippen molar-refractivity contribution in [1.82, 2.24) is 0 Å². The smallest absolute Gasteiger partial charge is 0.126 e. The highest BCUT2D eigenvalue weighted by Crippen LogP contribution is 2.34. The average Bonchev–Trinajstić information content (AvgIpc) is 2.63. The number of hydrogen-bond donors (Lipinski definition) is 0. The minimum absolute atomic E-state index is 0.164. The Balaban J connectivity index is 2.00. The third-order valence-electron chi connectivity index (χ3n) is 1.72. The molecule has 0 bridgehead atoms. The molecule has 0 spiro atoms. The van der Waals surface area contributed by atoms with Crippen LogP contribution in [-0.4, -0.2) is 18.9 Å². The predicted octanol–water partition coefficient (Wildman–Crippen LogP) is 2.16. The van der Waals surface area contributed by atoms with Gasteiger partial charge in [0.05, 0.1) is 12.7 Å². The molecule has 2 heteroatoms. The predicted molar refractivity (Wildman–Crippen MR) is 38.7 cm³/mol. The number of alkyl halides is 1. The molecule has 0 N–H and O–H groups in total. The molecular weight excluding hydrogens is 131 g/mol. The molecule has 10 heavy (non-hydrogen) atoms. The van der Waals surface area contributed by atoms with Crippen LogP contribution in [0, 0.1) is 5.92 Å². The lowest BCUT2D eigenvalue weighted by molar-refractivity contribution is 0.0319. The van der Waals surface area contributed by atoms with Crippen LogP contribution >= 0.6 is 0 Å². The maximum atomic E-state index is 12.8. The summed E-state index contributed by atoms with van der Waals surface area (Å²) in [6, 6.07) is 0. The van der Waals surface area contributed by atoms with Crippen LogP contribution < -0.4 is 0 Å². The Hall–Kier alpha value is -0.110. The van der Waals surface area contributed by atoms with E-state index in [1.165, 1.54) is 0 Å². The van der Waals surface area contributed by atoms with Crippen LogP contribution in [-0.2, 0) is 4.74 Å². The minimum atomic E-state index is -0.706. The SMILES string of the molecule is CC(C)OCC(F)C1CC1. The van der Waals surface area contributed by atoms with Gasteiger partial charge >= 0.3 is 0 Å². The van der Waals surface area contributed by atoms with Crippen molar-refractivity contribution in [1.29, 1.82) is 0 Å². The van der Waals surface area contributed by atoms with E-state index >= 15 is 0 Å². The normalized spacial score (nSPS) is 21.6. The second-order valence-corrected chi connectivity index (χ2v) is 3.24. The molecule has 1 aliphatic carbocycles. The summed E-state index contributed by atoms with van der Waals surface area (Å²) in [6.45, 7) is 4.15. The number of rotatable bonds is 4. The molecule has 1 nitrogen and oxygen atoms in total. The summed E-state index contributed by atoms with van der Waals surface area (Å²) in [5.41, 5.74) is 0. The molecule has 1 rings (SSSR count). The van der Waals surface area contributed by atoms with Crippen LogP contribution in [0.4, 0.5) is 4.39 Å². The summed E-state index contributed by atoms with van der Waals surface area (Å²) in [7, 11) is 0. The fraction of sp³-hybridized carbons (Fsp3) is 1.00. The summed E-state index contributed by atoms with van der Waals surface area (Å²) in [5.74, 6) is 0.318. The number of ether oxygens (including phenoxy) is 1. The van der Waals surface area contributed by atoms with E-state index in [4.69, 9.17) is 4.74 Å². The molecule has 0 aromatic heterocycles. The van der Waals surface area contributed by atoms with Crippen molar-refractivity contribution in [3.63, 3.8) is 0 Å². The molecule has 0 amide bonds. The third kappa shape index (κ3) is 2.65. The Bertz CT molecular complexity index is 99.4. The minimum Gasteiger partial charge on any atom is -0.376 e. The maximum absolute atomic E-state index is 12.8. The first-order valence-electron chi connectivity index (χ1n) is 3.96. The molecule has 0 heterocycles. The highest BCUT2D eigenvalue weighted by Gasteiger charge is 2.31. The molecule has 1 unspecified atom stereocenters. The van der Waals surface area contributed by atoms with Crippen LogP contribution in [0.2, 0.25) is 0 Å². The Morgan fingerprint density at radius 1 is 1.50 bits per heavy atom. The van der Waals surface area contributed by atoms with Crippen molar-refractivity contribution in [3.8, 4) is 0 Å². The van der Waals surface area contributed by atoms with Gasteiger partial charge in [0.1, 0.15) is 6.17 Å². The van der Waals surface area contributed by atoms with Gasteiger partial charge in [-0.2, -0.15) is 0 Å². The van der Waals surface area contributed by atoms with E-state index < -0.39 is 6.17 Å². The summed E-state index contributed by atoms with van der Waals surface area (Å²) in [6.07, 6.45) is 1.57. The van der Waals surface area contributed by atoms with Crippen LogP contribution in [0.3, 0.4) is 0 Å². The number of halogens is 1. The largest absolute Gasteiger partial charge is 0.376 e. The van der Waals surface area contributed by atoms with Gasteiger partial charge < -0.3 is 4.74 Å². The topological polar surface area (TPSA) is 9.23 Å². The van der Waals surface area contributed by atoms with Crippen molar-refractivity contribution < 1.29 is 9.13 Å². The fourth-order valence-electron chi connectivity index (χ4n) is 0.878. The zero-order valence-corrected chi connectivity index (χ0v) is 6.64. The average molecular weight is 146 g/mol. The Morgan fingerprint density at radius 2 is 2.10 bits per heavy atom. The third-order valence-corrected chi connectivity index (χ3v) is 1.72. The second-order valence-electron chi connectivity index (χ2n) is 3.24. The second kappa shape index (κ2) is 3.33. The van der Waals surface area contributed by atoms with E-state index in [1.807, 2.05) is 13.8 Å². The van der Waals surface area contributed by atoms with Crippen LogP contribution in [0.1, 0.15) is 26.7 Å². The van der Waals surface area contributed by atoms with Crippen LogP contribution in [0.5, 0.6) is 0 Å². The van der Waals surface area contributed by atoms with Crippen LogP contribution in [0.15, 0.2) is 0 Å². The maximum Gasteiger partial charge on any atom is 0.126 e. The molecule has 0 aromatic carbocycles. The van der Waals surface area contributed by atoms with Gasteiger partial charge in [-0.05, 0) is 32.6 Å². The van der Waals surface area contributed by atoms with Crippen molar-refractivity contribution in [2.24, 2.45) is 5.92 Å². The van der Waals surface area contributed by atoms with E-state index in [0.29, 0.717) is 12.5 Å². The molecule has 1 saturated carbocycles. The van der Waals surface area contributed by atoms with E-state index in [-0.39, 0.29) is 6.10 Å². The highest BCUT2D eigenvalue weighted by molar-refractivity contribution is 4.80. The molecular formula is C8H15FO. The van der Waals surface area contributed by atoms with Gasteiger partial charge in [-0.25, -0.2) is 4.39 Å². The number of hydrogen-bond acceptors (Lipinski definition) is 1. The summed E-state index contributed by atoms with van der Waals surface area (Å²) < 4.78 is 18.0. The van der Waals surface area contributed by atoms with Crippen LogP contribution in [0.25, 0.3) is 0 Å². The van der Waals surface area contributed by atoms with Gasteiger partial charge in [0.15, 0.2) is 0 Å². The molecule has 60 valence electrons. The molecule has 0 aliphatic heterocycles. The van der Waals surface area contributed by atoms with Gasteiger partial charge in [0.25, 0.3) is 0 Å². The first kappa shape index (κ1) is 7.99. The quantitative estimate of drug-likeness (QED) is 0.590. The molecule has 1 atom stereocenters. The van der Waals surface area contributed by atoms with E-state index in [2.05, 4.69) is 0 Å². The van der Waals surface area contributed by atoms with Crippen molar-refractivity contribution in [2.45, 2.75) is 39.0 Å². The molecule has 0 radical (unpaired) electrons. The molecule has 1 aliphatic rings. The Kier molecular flexibility index (Phi) is 2.66. The van der Waals surface area contributed by atoms with E-state index in [0.717, 1.165) is 12.8 Å². The summed E-state index contributed by atoms with van der Waals surface area (Å²) >= 11 is 0.